The minimum absolute atomic E-state index is 0.0317. The van der Waals surface area contributed by atoms with Gasteiger partial charge in [-0.15, -0.1) is 0 Å². The molecule has 3 aromatic rings. The average Bonchev–Trinajstić information content (AvgIpc) is 3.60. The second-order valence-corrected chi connectivity index (χ2v) is 7.75. The molecule has 10 nitrogen and oxygen atoms in total. The summed E-state index contributed by atoms with van der Waals surface area (Å²) in [5.41, 5.74) is 5.86. The zero-order chi connectivity index (χ0) is 29.0. The number of hydrogen-bond donors (Lipinski definition) is 4. The van der Waals surface area contributed by atoms with Crippen LogP contribution in [0.25, 0.3) is 11.4 Å². The molecule has 0 saturated heterocycles. The molecule has 1 aliphatic rings. The molecule has 0 aliphatic carbocycles. The SMILES string of the molecule is CC.CC.CCNCCNC(=O)CNc1ccc(-c2noc(C)n2)cc1.O=CNN1Cc2cccc(F)c2C1. The lowest BCUT2D eigenvalue weighted by atomic mass is 10.1. The molecule has 0 spiro atoms. The number of fused-ring (bicyclic) bond motifs is 1. The molecular formula is C28H42FN7O3. The van der Waals surface area contributed by atoms with Crippen molar-refractivity contribution in [2.75, 3.05) is 31.5 Å². The van der Waals surface area contributed by atoms with Crippen molar-refractivity contribution in [3.8, 4) is 11.4 Å². The molecule has 11 heteroatoms. The van der Waals surface area contributed by atoms with E-state index in [4.69, 9.17) is 4.52 Å². The second kappa shape index (κ2) is 19.3. The summed E-state index contributed by atoms with van der Waals surface area (Å²) in [7, 11) is 0. The van der Waals surface area contributed by atoms with Crippen molar-refractivity contribution in [3.05, 3.63) is 65.3 Å². The molecule has 1 aliphatic heterocycles. The number of benzene rings is 2. The highest BCUT2D eigenvalue weighted by molar-refractivity contribution is 5.80. The fourth-order valence-electron chi connectivity index (χ4n) is 3.41. The van der Waals surface area contributed by atoms with Crippen molar-refractivity contribution in [1.82, 2.24) is 31.2 Å². The molecule has 0 atom stereocenters. The first-order chi connectivity index (χ1) is 19.0. The highest BCUT2D eigenvalue weighted by Crippen LogP contribution is 2.23. The number of nitrogens with one attached hydrogen (secondary N) is 4. The molecule has 2 heterocycles. The van der Waals surface area contributed by atoms with E-state index in [2.05, 4.69) is 31.5 Å². The largest absolute Gasteiger partial charge is 0.376 e. The fraction of sp³-hybridized carbons (Fsp3) is 0.429. The lowest BCUT2D eigenvalue weighted by Crippen LogP contribution is -2.35. The van der Waals surface area contributed by atoms with Gasteiger partial charge in [-0.05, 0) is 42.4 Å². The standard InChI is InChI=1S/C15H21N5O2.C9H9FN2O.2C2H6/c1-3-16-8-9-17-14(21)10-18-13-6-4-12(5-7-13)15-19-11(2)22-20-15;10-9-3-1-2-7-4-12(11-6-13)5-8(7)9;2*1-2/h4-7,16,18H,3,8-10H2,1-2H3,(H,17,21);1-3,6H,4-5H2,(H,11,13);2*1-2H3. The maximum absolute atomic E-state index is 13.2. The van der Waals surface area contributed by atoms with E-state index < -0.39 is 0 Å². The number of carbonyl (C=O) groups is 2. The first kappa shape index (κ1) is 33.2. The zero-order valence-corrected chi connectivity index (χ0v) is 23.8. The van der Waals surface area contributed by atoms with E-state index in [-0.39, 0.29) is 18.3 Å². The Hall–Kier alpha value is -3.83. The number of aromatic nitrogens is 2. The van der Waals surface area contributed by atoms with Crippen LogP contribution >= 0.6 is 0 Å². The van der Waals surface area contributed by atoms with Crippen molar-refractivity contribution in [1.29, 1.82) is 0 Å². The first-order valence-electron chi connectivity index (χ1n) is 13.3. The average molecular weight is 544 g/mol. The van der Waals surface area contributed by atoms with Crippen LogP contribution in [-0.2, 0) is 22.7 Å². The van der Waals surface area contributed by atoms with Crippen LogP contribution in [0, 0.1) is 12.7 Å². The van der Waals surface area contributed by atoms with Gasteiger partial charge in [0.25, 0.3) is 0 Å². The van der Waals surface area contributed by atoms with Crippen LogP contribution in [0.5, 0.6) is 0 Å². The molecule has 4 N–H and O–H groups in total. The predicted octanol–water partition coefficient (Wildman–Crippen LogP) is 4.04. The van der Waals surface area contributed by atoms with E-state index in [1.165, 1.54) is 6.07 Å². The van der Waals surface area contributed by atoms with Crippen LogP contribution in [-0.4, -0.2) is 53.6 Å². The fourth-order valence-corrected chi connectivity index (χ4v) is 3.41. The lowest BCUT2D eigenvalue weighted by molar-refractivity contribution is -0.119. The summed E-state index contributed by atoms with van der Waals surface area (Å²) in [5.74, 6) is 0.861. The van der Waals surface area contributed by atoms with Crippen LogP contribution in [0.15, 0.2) is 47.0 Å². The summed E-state index contributed by atoms with van der Waals surface area (Å²) < 4.78 is 18.1. The van der Waals surface area contributed by atoms with Gasteiger partial charge in [0, 0.05) is 49.9 Å². The summed E-state index contributed by atoms with van der Waals surface area (Å²) >= 11 is 0. The van der Waals surface area contributed by atoms with Gasteiger partial charge in [-0.1, -0.05) is 51.9 Å². The maximum atomic E-state index is 13.2. The molecule has 2 aromatic carbocycles. The predicted molar refractivity (Wildman–Crippen MR) is 152 cm³/mol. The second-order valence-electron chi connectivity index (χ2n) is 7.75. The molecule has 1 aromatic heterocycles. The molecule has 0 fully saturated rings. The summed E-state index contributed by atoms with van der Waals surface area (Å²) in [6.45, 7) is 15.4. The monoisotopic (exact) mass is 543 g/mol. The van der Waals surface area contributed by atoms with E-state index in [0.29, 0.717) is 43.3 Å². The Balaban J connectivity index is 0.000000379. The van der Waals surface area contributed by atoms with Crippen molar-refractivity contribution in [2.45, 2.75) is 54.6 Å². The van der Waals surface area contributed by atoms with E-state index in [1.807, 2.05) is 65.0 Å². The Labute approximate surface area is 230 Å². The van der Waals surface area contributed by atoms with Crippen LogP contribution in [0.2, 0.25) is 0 Å². The van der Waals surface area contributed by atoms with Gasteiger partial charge in [-0.25, -0.2) is 9.40 Å². The van der Waals surface area contributed by atoms with Crippen LogP contribution in [0.3, 0.4) is 0 Å². The lowest BCUT2D eigenvalue weighted by Gasteiger charge is -2.11. The smallest absolute Gasteiger partial charge is 0.239 e. The van der Waals surface area contributed by atoms with Gasteiger partial charge in [-0.2, -0.15) is 4.98 Å². The number of aryl methyl sites for hydroxylation is 1. The van der Waals surface area contributed by atoms with Gasteiger partial charge in [-0.3, -0.25) is 15.0 Å². The third kappa shape index (κ3) is 11.6. The van der Waals surface area contributed by atoms with Gasteiger partial charge < -0.3 is 20.5 Å². The number of hydrogen-bond acceptors (Lipinski definition) is 8. The third-order valence-corrected chi connectivity index (χ3v) is 5.16. The summed E-state index contributed by atoms with van der Waals surface area (Å²) in [6, 6.07) is 12.5. The van der Waals surface area contributed by atoms with Crippen molar-refractivity contribution in [3.63, 3.8) is 0 Å². The first-order valence-corrected chi connectivity index (χ1v) is 13.3. The van der Waals surface area contributed by atoms with E-state index in [9.17, 15) is 14.0 Å². The molecule has 4 rings (SSSR count). The van der Waals surface area contributed by atoms with Crippen LogP contribution < -0.4 is 21.4 Å². The molecule has 2 amide bonds. The number of hydrazine groups is 1. The third-order valence-electron chi connectivity index (χ3n) is 5.16. The zero-order valence-electron chi connectivity index (χ0n) is 23.8. The topological polar surface area (TPSA) is 124 Å². The number of anilines is 1. The van der Waals surface area contributed by atoms with Gasteiger partial charge in [0.2, 0.25) is 24.0 Å². The molecule has 0 saturated carbocycles. The summed E-state index contributed by atoms with van der Waals surface area (Å²) in [4.78, 5) is 26.0. The van der Waals surface area contributed by atoms with Crippen molar-refractivity contribution >= 4 is 18.0 Å². The normalized spacial score (nSPS) is 11.4. The van der Waals surface area contributed by atoms with Crippen molar-refractivity contribution in [2.24, 2.45) is 0 Å². The molecule has 0 unspecified atom stereocenters. The number of halogens is 1. The number of nitrogens with zero attached hydrogens (tertiary/aromatic N) is 3. The van der Waals surface area contributed by atoms with Crippen molar-refractivity contribution < 1.29 is 18.5 Å². The molecule has 0 bridgehead atoms. The van der Waals surface area contributed by atoms with Gasteiger partial charge in [0.15, 0.2) is 0 Å². The molecular weight excluding hydrogens is 501 g/mol. The maximum Gasteiger partial charge on any atom is 0.239 e. The summed E-state index contributed by atoms with van der Waals surface area (Å²) in [6.07, 6.45) is 0.601. The quantitative estimate of drug-likeness (QED) is 0.223. The van der Waals surface area contributed by atoms with Gasteiger partial charge in [0.05, 0.1) is 6.54 Å². The van der Waals surface area contributed by atoms with Crippen LogP contribution in [0.1, 0.15) is 51.6 Å². The number of amides is 2. The molecule has 214 valence electrons. The highest BCUT2D eigenvalue weighted by Gasteiger charge is 2.20. The minimum Gasteiger partial charge on any atom is -0.376 e. The van der Waals surface area contributed by atoms with Gasteiger partial charge in [0.1, 0.15) is 5.82 Å². The Morgan fingerprint density at radius 1 is 1.08 bits per heavy atom. The number of likely N-dealkylation sites (N-methyl/N-ethyl adjacent to an activating group) is 1. The Kier molecular flexibility index (Phi) is 16.4. The van der Waals surface area contributed by atoms with Crippen LogP contribution in [0.4, 0.5) is 10.1 Å². The van der Waals surface area contributed by atoms with E-state index in [0.717, 1.165) is 29.9 Å². The Morgan fingerprint density at radius 2 is 1.79 bits per heavy atom. The molecule has 0 radical (unpaired) electrons. The minimum atomic E-state index is -0.201. The highest BCUT2D eigenvalue weighted by atomic mass is 19.1. The number of rotatable bonds is 10. The Morgan fingerprint density at radius 3 is 2.38 bits per heavy atom. The Bertz CT molecular complexity index is 1110. The molecule has 39 heavy (non-hydrogen) atoms. The van der Waals surface area contributed by atoms with Gasteiger partial charge >= 0.3 is 0 Å². The van der Waals surface area contributed by atoms with E-state index >= 15 is 0 Å². The summed E-state index contributed by atoms with van der Waals surface area (Å²) in [5, 5.41) is 14.6. The van der Waals surface area contributed by atoms with E-state index in [1.54, 1.807) is 18.0 Å². The number of carbonyl (C=O) groups excluding carboxylic acids is 2.